The van der Waals surface area contributed by atoms with Crippen molar-refractivity contribution in [1.82, 2.24) is 5.32 Å². The highest BCUT2D eigenvalue weighted by Crippen LogP contribution is 2.25. The Morgan fingerprint density at radius 3 is 2.39 bits per heavy atom. The van der Waals surface area contributed by atoms with Gasteiger partial charge in [0.25, 0.3) is 0 Å². The normalized spacial score (nSPS) is 16.4. The fourth-order valence-corrected chi connectivity index (χ4v) is 3.89. The van der Waals surface area contributed by atoms with Crippen LogP contribution in [0.25, 0.3) is 0 Å². The Morgan fingerprint density at radius 1 is 1.10 bits per heavy atom. The van der Waals surface area contributed by atoms with Gasteiger partial charge in [0.15, 0.2) is 0 Å². The van der Waals surface area contributed by atoms with Gasteiger partial charge in [-0.25, -0.2) is 0 Å². The SMILES string of the molecule is COc1cccc([C@H](C)N[C@@H](C)C(=O)Nc2ccc(N3CCC(C(N)=O)CC3)cc2)c1. The minimum Gasteiger partial charge on any atom is -0.497 e. The highest BCUT2D eigenvalue weighted by Gasteiger charge is 2.23. The molecule has 166 valence electrons. The van der Waals surface area contributed by atoms with E-state index in [-0.39, 0.29) is 29.8 Å². The Bertz CT molecular complexity index is 892. The van der Waals surface area contributed by atoms with Gasteiger partial charge in [0.05, 0.1) is 13.2 Å². The van der Waals surface area contributed by atoms with E-state index in [0.29, 0.717) is 0 Å². The maximum atomic E-state index is 12.6. The number of amides is 2. The van der Waals surface area contributed by atoms with Gasteiger partial charge in [0.1, 0.15) is 5.75 Å². The van der Waals surface area contributed by atoms with Crippen LogP contribution in [-0.2, 0) is 9.59 Å². The third-order valence-electron chi connectivity index (χ3n) is 5.88. The number of hydrogen-bond donors (Lipinski definition) is 3. The number of nitrogens with one attached hydrogen (secondary N) is 2. The molecule has 2 atom stereocenters. The molecule has 0 radical (unpaired) electrons. The number of benzene rings is 2. The van der Waals surface area contributed by atoms with Crippen LogP contribution in [0.4, 0.5) is 11.4 Å². The average molecular weight is 425 g/mol. The van der Waals surface area contributed by atoms with Gasteiger partial charge in [-0.2, -0.15) is 0 Å². The lowest BCUT2D eigenvalue weighted by Crippen LogP contribution is -2.39. The van der Waals surface area contributed by atoms with E-state index >= 15 is 0 Å². The summed E-state index contributed by atoms with van der Waals surface area (Å²) in [5.41, 5.74) is 8.30. The summed E-state index contributed by atoms with van der Waals surface area (Å²) in [6.07, 6.45) is 1.56. The van der Waals surface area contributed by atoms with Crippen LogP contribution in [0.3, 0.4) is 0 Å². The molecule has 1 aliphatic rings. The summed E-state index contributed by atoms with van der Waals surface area (Å²) in [4.78, 5) is 26.2. The molecule has 0 unspecified atom stereocenters. The van der Waals surface area contributed by atoms with Crippen LogP contribution in [0.2, 0.25) is 0 Å². The molecule has 0 aliphatic carbocycles. The summed E-state index contributed by atoms with van der Waals surface area (Å²) in [6, 6.07) is 15.3. The topological polar surface area (TPSA) is 96.7 Å². The van der Waals surface area contributed by atoms with E-state index in [1.54, 1.807) is 7.11 Å². The lowest BCUT2D eigenvalue weighted by Gasteiger charge is -2.32. The van der Waals surface area contributed by atoms with Crippen molar-refractivity contribution in [2.24, 2.45) is 11.7 Å². The lowest BCUT2D eigenvalue weighted by atomic mass is 9.96. The van der Waals surface area contributed by atoms with E-state index in [2.05, 4.69) is 15.5 Å². The first-order valence-electron chi connectivity index (χ1n) is 10.7. The second-order valence-electron chi connectivity index (χ2n) is 8.09. The Labute approximate surface area is 183 Å². The number of carbonyl (C=O) groups excluding carboxylic acids is 2. The summed E-state index contributed by atoms with van der Waals surface area (Å²) in [7, 11) is 1.64. The molecular weight excluding hydrogens is 392 g/mol. The summed E-state index contributed by atoms with van der Waals surface area (Å²) in [5, 5.41) is 6.30. The molecule has 0 saturated carbocycles. The predicted octanol–water partition coefficient (Wildman–Crippen LogP) is 3.07. The van der Waals surface area contributed by atoms with Crippen molar-refractivity contribution in [2.75, 3.05) is 30.4 Å². The smallest absolute Gasteiger partial charge is 0.241 e. The Balaban J connectivity index is 1.52. The van der Waals surface area contributed by atoms with Crippen molar-refractivity contribution in [1.29, 1.82) is 0 Å². The van der Waals surface area contributed by atoms with E-state index in [0.717, 1.165) is 48.6 Å². The fraction of sp³-hybridized carbons (Fsp3) is 0.417. The van der Waals surface area contributed by atoms with E-state index < -0.39 is 0 Å². The second-order valence-corrected chi connectivity index (χ2v) is 8.09. The van der Waals surface area contributed by atoms with E-state index in [1.807, 2.05) is 62.4 Å². The van der Waals surface area contributed by atoms with Gasteiger partial charge in [-0.15, -0.1) is 0 Å². The zero-order valence-electron chi connectivity index (χ0n) is 18.4. The van der Waals surface area contributed by atoms with Crippen molar-refractivity contribution in [3.63, 3.8) is 0 Å². The number of methoxy groups -OCH3 is 1. The van der Waals surface area contributed by atoms with Crippen molar-refractivity contribution < 1.29 is 14.3 Å². The van der Waals surface area contributed by atoms with E-state index in [9.17, 15) is 9.59 Å². The molecule has 0 aromatic heterocycles. The number of anilines is 2. The number of primary amides is 1. The fourth-order valence-electron chi connectivity index (χ4n) is 3.89. The number of hydrogen-bond acceptors (Lipinski definition) is 5. The molecule has 0 spiro atoms. The van der Waals surface area contributed by atoms with Crippen LogP contribution < -0.4 is 26.0 Å². The van der Waals surface area contributed by atoms with Crippen molar-refractivity contribution in [2.45, 2.75) is 38.8 Å². The first-order chi connectivity index (χ1) is 14.9. The van der Waals surface area contributed by atoms with E-state index in [1.165, 1.54) is 0 Å². The maximum Gasteiger partial charge on any atom is 0.241 e. The van der Waals surface area contributed by atoms with Crippen LogP contribution in [0.1, 0.15) is 38.3 Å². The maximum absolute atomic E-state index is 12.6. The third kappa shape index (κ3) is 5.98. The summed E-state index contributed by atoms with van der Waals surface area (Å²) >= 11 is 0. The molecule has 2 amide bonds. The monoisotopic (exact) mass is 424 g/mol. The van der Waals surface area contributed by atoms with Crippen LogP contribution in [-0.4, -0.2) is 38.1 Å². The summed E-state index contributed by atoms with van der Waals surface area (Å²) < 4.78 is 5.27. The van der Waals surface area contributed by atoms with Crippen LogP contribution in [0.5, 0.6) is 5.75 Å². The standard InChI is InChI=1S/C24H32N4O3/c1-16(19-5-4-6-22(15-19)31-3)26-17(2)24(30)27-20-7-9-21(10-8-20)28-13-11-18(12-14-28)23(25)29/h4-10,15-18,26H,11-14H2,1-3H3,(H2,25,29)(H,27,30)/t16-,17-/m0/s1. The number of piperidine rings is 1. The Kier molecular flexibility index (Phi) is 7.52. The number of rotatable bonds is 8. The van der Waals surface area contributed by atoms with Gasteiger partial charge in [0.2, 0.25) is 11.8 Å². The zero-order chi connectivity index (χ0) is 22.4. The molecule has 1 heterocycles. The summed E-state index contributed by atoms with van der Waals surface area (Å²) in [6.45, 7) is 5.49. The Morgan fingerprint density at radius 2 is 1.77 bits per heavy atom. The van der Waals surface area contributed by atoms with Crippen LogP contribution >= 0.6 is 0 Å². The van der Waals surface area contributed by atoms with Gasteiger partial charge in [-0.1, -0.05) is 12.1 Å². The molecule has 31 heavy (non-hydrogen) atoms. The number of nitrogens with two attached hydrogens (primary N) is 1. The second kappa shape index (κ2) is 10.3. The molecule has 4 N–H and O–H groups in total. The van der Waals surface area contributed by atoms with Gasteiger partial charge in [0, 0.05) is 36.4 Å². The molecule has 1 fully saturated rings. The lowest BCUT2D eigenvalue weighted by molar-refractivity contribution is -0.122. The summed E-state index contributed by atoms with van der Waals surface area (Å²) in [5.74, 6) is 0.469. The molecule has 7 nitrogen and oxygen atoms in total. The molecular formula is C24H32N4O3. The van der Waals surface area contributed by atoms with Crippen molar-refractivity contribution in [3.05, 3.63) is 54.1 Å². The number of nitrogens with zero attached hydrogens (tertiary/aromatic N) is 1. The largest absolute Gasteiger partial charge is 0.497 e. The molecule has 2 aromatic rings. The first kappa shape index (κ1) is 22.6. The quantitative estimate of drug-likeness (QED) is 0.605. The third-order valence-corrected chi connectivity index (χ3v) is 5.88. The average Bonchev–Trinajstić information content (AvgIpc) is 2.79. The number of carbonyl (C=O) groups is 2. The van der Waals surface area contributed by atoms with Crippen molar-refractivity contribution in [3.8, 4) is 5.75 Å². The predicted molar refractivity (Wildman–Crippen MR) is 123 cm³/mol. The van der Waals surface area contributed by atoms with Crippen LogP contribution in [0.15, 0.2) is 48.5 Å². The minimum atomic E-state index is -0.367. The molecule has 2 aromatic carbocycles. The van der Waals surface area contributed by atoms with Gasteiger partial charge < -0.3 is 20.7 Å². The highest BCUT2D eigenvalue weighted by molar-refractivity contribution is 5.94. The van der Waals surface area contributed by atoms with Crippen LogP contribution in [0, 0.1) is 5.92 Å². The molecule has 1 saturated heterocycles. The molecule has 7 heteroatoms. The minimum absolute atomic E-state index is 0.00144. The molecule has 0 bridgehead atoms. The zero-order valence-corrected chi connectivity index (χ0v) is 18.4. The Hall–Kier alpha value is -3.06. The van der Waals surface area contributed by atoms with Gasteiger partial charge >= 0.3 is 0 Å². The first-order valence-corrected chi connectivity index (χ1v) is 10.7. The highest BCUT2D eigenvalue weighted by atomic mass is 16.5. The molecule has 3 rings (SSSR count). The van der Waals surface area contributed by atoms with Gasteiger partial charge in [-0.3, -0.25) is 14.9 Å². The van der Waals surface area contributed by atoms with Gasteiger partial charge in [-0.05, 0) is 68.7 Å². The molecule has 1 aliphatic heterocycles. The van der Waals surface area contributed by atoms with E-state index in [4.69, 9.17) is 10.5 Å². The van der Waals surface area contributed by atoms with Crippen molar-refractivity contribution >= 4 is 23.2 Å². The number of ether oxygens (including phenoxy) is 1.